The largest absolute Gasteiger partial charge is 0.137 e. The molecule has 0 aliphatic rings. The van der Waals surface area contributed by atoms with Crippen LogP contribution in [0.5, 0.6) is 0 Å². The molecule has 0 amide bonds. The first-order valence-corrected chi connectivity index (χ1v) is 11.2. The SMILES string of the molecule is CCCCCCCCC(CCCCCC)Cc1ccsc1Br. The second kappa shape index (κ2) is 13.6. The van der Waals surface area contributed by atoms with E-state index in [9.17, 15) is 0 Å². The van der Waals surface area contributed by atoms with Gasteiger partial charge in [0.2, 0.25) is 0 Å². The summed E-state index contributed by atoms with van der Waals surface area (Å²) in [7, 11) is 0. The molecular formula is C20H35BrS. The highest BCUT2D eigenvalue weighted by Gasteiger charge is 2.12. The van der Waals surface area contributed by atoms with Crippen molar-refractivity contribution in [3.63, 3.8) is 0 Å². The number of hydrogen-bond acceptors (Lipinski definition) is 1. The first-order chi connectivity index (χ1) is 10.8. The molecule has 0 aromatic carbocycles. The molecule has 1 unspecified atom stereocenters. The van der Waals surface area contributed by atoms with Gasteiger partial charge in [-0.3, -0.25) is 0 Å². The molecule has 0 N–H and O–H groups in total. The predicted octanol–water partition coefficient (Wildman–Crippen LogP) is 8.39. The maximum absolute atomic E-state index is 3.72. The molecule has 0 fully saturated rings. The molecule has 0 saturated carbocycles. The molecule has 0 nitrogen and oxygen atoms in total. The van der Waals surface area contributed by atoms with Crippen molar-refractivity contribution in [2.45, 2.75) is 97.3 Å². The van der Waals surface area contributed by atoms with Crippen molar-refractivity contribution in [1.82, 2.24) is 0 Å². The summed E-state index contributed by atoms with van der Waals surface area (Å²) in [6.07, 6.45) is 18.3. The van der Waals surface area contributed by atoms with Crippen LogP contribution in [0.25, 0.3) is 0 Å². The zero-order valence-corrected chi connectivity index (χ0v) is 17.1. The first-order valence-electron chi connectivity index (χ1n) is 9.49. The summed E-state index contributed by atoms with van der Waals surface area (Å²) in [5, 5.41) is 2.22. The summed E-state index contributed by atoms with van der Waals surface area (Å²) in [6, 6.07) is 2.31. The molecular weight excluding hydrogens is 352 g/mol. The van der Waals surface area contributed by atoms with Crippen LogP contribution in [-0.4, -0.2) is 0 Å². The van der Waals surface area contributed by atoms with Crippen molar-refractivity contribution in [2.75, 3.05) is 0 Å². The Kier molecular flexibility index (Phi) is 12.5. The van der Waals surface area contributed by atoms with Crippen LogP contribution in [0.1, 0.15) is 96.5 Å². The highest BCUT2D eigenvalue weighted by Crippen LogP contribution is 2.29. The third-order valence-electron chi connectivity index (χ3n) is 4.63. The monoisotopic (exact) mass is 386 g/mol. The molecule has 2 heteroatoms. The number of rotatable bonds is 14. The smallest absolute Gasteiger partial charge is 0.0730 e. The molecule has 1 atom stereocenters. The van der Waals surface area contributed by atoms with E-state index in [1.54, 1.807) is 0 Å². The summed E-state index contributed by atoms with van der Waals surface area (Å²) < 4.78 is 1.36. The number of unbranched alkanes of at least 4 members (excludes halogenated alkanes) is 8. The standard InChI is InChI=1S/C20H35BrS/c1-3-5-7-9-10-12-14-18(13-11-8-6-4-2)17-19-15-16-22-20(19)21/h15-16,18H,3-14,17H2,1-2H3. The minimum Gasteiger partial charge on any atom is -0.137 e. The Morgan fingerprint density at radius 3 is 1.95 bits per heavy atom. The third kappa shape index (κ3) is 9.35. The number of thiophene rings is 1. The van der Waals surface area contributed by atoms with Gasteiger partial charge < -0.3 is 0 Å². The zero-order valence-electron chi connectivity index (χ0n) is 14.7. The topological polar surface area (TPSA) is 0 Å². The molecule has 1 heterocycles. The maximum Gasteiger partial charge on any atom is 0.0730 e. The van der Waals surface area contributed by atoms with Crippen LogP contribution in [-0.2, 0) is 6.42 Å². The molecule has 0 bridgehead atoms. The minimum atomic E-state index is 0.897. The highest BCUT2D eigenvalue weighted by atomic mass is 79.9. The van der Waals surface area contributed by atoms with Crippen molar-refractivity contribution in [3.8, 4) is 0 Å². The Labute approximate surface area is 151 Å². The van der Waals surface area contributed by atoms with Crippen LogP contribution >= 0.6 is 27.3 Å². The Bertz CT molecular complexity index is 358. The van der Waals surface area contributed by atoms with Crippen LogP contribution in [0.2, 0.25) is 0 Å². The zero-order chi connectivity index (χ0) is 16.0. The van der Waals surface area contributed by atoms with E-state index in [0.29, 0.717) is 0 Å². The lowest BCUT2D eigenvalue weighted by atomic mass is 9.89. The summed E-state index contributed by atoms with van der Waals surface area (Å²) in [6.45, 7) is 4.60. The lowest BCUT2D eigenvalue weighted by Gasteiger charge is -2.17. The van der Waals surface area contributed by atoms with E-state index in [0.717, 1.165) is 5.92 Å². The average Bonchev–Trinajstić information content (AvgIpc) is 2.92. The third-order valence-corrected chi connectivity index (χ3v) is 6.44. The fraction of sp³-hybridized carbons (Fsp3) is 0.800. The van der Waals surface area contributed by atoms with Crippen LogP contribution in [0.4, 0.5) is 0 Å². The Morgan fingerprint density at radius 2 is 1.41 bits per heavy atom. The van der Waals surface area contributed by atoms with E-state index in [1.165, 1.54) is 92.8 Å². The van der Waals surface area contributed by atoms with Crippen LogP contribution in [0.3, 0.4) is 0 Å². The Balaban J connectivity index is 2.29. The summed E-state index contributed by atoms with van der Waals surface area (Å²) in [4.78, 5) is 0. The fourth-order valence-electron chi connectivity index (χ4n) is 3.20. The predicted molar refractivity (Wildman–Crippen MR) is 106 cm³/mol. The summed E-state index contributed by atoms with van der Waals surface area (Å²) >= 11 is 5.55. The van der Waals surface area contributed by atoms with Gasteiger partial charge in [0.1, 0.15) is 0 Å². The second-order valence-electron chi connectivity index (χ2n) is 6.70. The molecule has 128 valence electrons. The second-order valence-corrected chi connectivity index (χ2v) is 8.93. The van der Waals surface area contributed by atoms with Gasteiger partial charge in [-0.25, -0.2) is 0 Å². The van der Waals surface area contributed by atoms with Crippen molar-refractivity contribution in [3.05, 3.63) is 20.8 Å². The van der Waals surface area contributed by atoms with Gasteiger partial charge in [-0.05, 0) is 45.3 Å². The molecule has 22 heavy (non-hydrogen) atoms. The normalized spacial score (nSPS) is 12.7. The molecule has 0 aliphatic heterocycles. The van der Waals surface area contributed by atoms with E-state index in [4.69, 9.17) is 0 Å². The van der Waals surface area contributed by atoms with Gasteiger partial charge in [0.15, 0.2) is 0 Å². The molecule has 0 spiro atoms. The van der Waals surface area contributed by atoms with Crippen molar-refractivity contribution in [2.24, 2.45) is 5.92 Å². The maximum atomic E-state index is 3.72. The van der Waals surface area contributed by atoms with E-state index < -0.39 is 0 Å². The van der Waals surface area contributed by atoms with Crippen LogP contribution < -0.4 is 0 Å². The van der Waals surface area contributed by atoms with E-state index in [-0.39, 0.29) is 0 Å². The highest BCUT2D eigenvalue weighted by molar-refractivity contribution is 9.11. The van der Waals surface area contributed by atoms with Crippen molar-refractivity contribution >= 4 is 27.3 Å². The number of halogens is 1. The lowest BCUT2D eigenvalue weighted by molar-refractivity contribution is 0.402. The molecule has 0 radical (unpaired) electrons. The van der Waals surface area contributed by atoms with E-state index in [2.05, 4.69) is 41.2 Å². The van der Waals surface area contributed by atoms with Gasteiger partial charge in [-0.15, -0.1) is 11.3 Å². The van der Waals surface area contributed by atoms with Gasteiger partial charge in [0.05, 0.1) is 3.79 Å². The minimum absolute atomic E-state index is 0.897. The average molecular weight is 387 g/mol. The van der Waals surface area contributed by atoms with E-state index in [1.807, 2.05) is 11.3 Å². The molecule has 1 rings (SSSR count). The summed E-state index contributed by atoms with van der Waals surface area (Å²) in [5.74, 6) is 0.897. The van der Waals surface area contributed by atoms with Gasteiger partial charge in [-0.1, -0.05) is 90.9 Å². The molecule has 1 aromatic heterocycles. The van der Waals surface area contributed by atoms with Crippen molar-refractivity contribution in [1.29, 1.82) is 0 Å². The fourth-order valence-corrected chi connectivity index (χ4v) is 4.47. The Morgan fingerprint density at radius 1 is 0.864 bits per heavy atom. The van der Waals surface area contributed by atoms with Gasteiger partial charge in [0.25, 0.3) is 0 Å². The quantitative estimate of drug-likeness (QED) is 0.281. The van der Waals surface area contributed by atoms with Gasteiger partial charge in [0, 0.05) is 0 Å². The van der Waals surface area contributed by atoms with Gasteiger partial charge >= 0.3 is 0 Å². The van der Waals surface area contributed by atoms with Crippen LogP contribution in [0.15, 0.2) is 15.2 Å². The van der Waals surface area contributed by atoms with Gasteiger partial charge in [-0.2, -0.15) is 0 Å². The van der Waals surface area contributed by atoms with E-state index >= 15 is 0 Å². The molecule has 0 aliphatic carbocycles. The van der Waals surface area contributed by atoms with Crippen LogP contribution in [0, 0.1) is 5.92 Å². The lowest BCUT2D eigenvalue weighted by Crippen LogP contribution is -2.05. The number of hydrogen-bond donors (Lipinski definition) is 0. The molecule has 0 saturated heterocycles. The molecule has 1 aromatic rings. The van der Waals surface area contributed by atoms with Crippen molar-refractivity contribution < 1.29 is 0 Å². The first kappa shape index (κ1) is 20.2. The Hall–Kier alpha value is 0.180. The summed E-state index contributed by atoms with van der Waals surface area (Å²) in [5.41, 5.74) is 1.54.